The summed E-state index contributed by atoms with van der Waals surface area (Å²) in [6.07, 6.45) is 0. The maximum atomic E-state index is 12.7. The Kier molecular flexibility index (Phi) is 3.86. The van der Waals surface area contributed by atoms with E-state index < -0.39 is 0 Å². The molecule has 0 spiro atoms. The summed E-state index contributed by atoms with van der Waals surface area (Å²) >= 11 is 1.58. The highest BCUT2D eigenvalue weighted by molar-refractivity contribution is 7.22. The molecule has 0 aliphatic carbocycles. The highest BCUT2D eigenvalue weighted by atomic mass is 32.1. The highest BCUT2D eigenvalue weighted by Crippen LogP contribution is 2.38. The first kappa shape index (κ1) is 15.6. The molecule has 122 valence electrons. The van der Waals surface area contributed by atoms with Crippen LogP contribution in [-0.4, -0.2) is 10.9 Å². The van der Waals surface area contributed by atoms with Gasteiger partial charge >= 0.3 is 0 Å². The van der Waals surface area contributed by atoms with Crippen molar-refractivity contribution in [3.05, 3.63) is 89.5 Å². The van der Waals surface area contributed by atoms with Gasteiger partial charge in [-0.15, -0.1) is 11.3 Å². The zero-order valence-electron chi connectivity index (χ0n) is 13.7. The van der Waals surface area contributed by atoms with Gasteiger partial charge in [-0.2, -0.15) is 0 Å². The Balaban J connectivity index is 1.79. The van der Waals surface area contributed by atoms with E-state index in [9.17, 15) is 9.90 Å². The van der Waals surface area contributed by atoms with Gasteiger partial charge in [0, 0.05) is 26.1 Å². The molecule has 2 nitrogen and oxygen atoms in total. The molecule has 4 aromatic rings. The number of carbonyl (C=O) groups is 1. The smallest absolute Gasteiger partial charge is 0.193 e. The molecule has 3 heteroatoms. The number of hydrogen-bond donors (Lipinski definition) is 1. The Labute approximate surface area is 150 Å². The topological polar surface area (TPSA) is 37.3 Å². The van der Waals surface area contributed by atoms with Crippen LogP contribution >= 0.6 is 11.3 Å². The molecule has 0 amide bonds. The molecular formula is C22H16O2S. The molecule has 0 unspecified atom stereocenters. The zero-order valence-corrected chi connectivity index (χ0v) is 14.5. The number of aryl methyl sites for hydroxylation is 1. The molecule has 0 aliphatic heterocycles. The lowest BCUT2D eigenvalue weighted by atomic mass is 10.0. The molecular weight excluding hydrogens is 328 g/mol. The first-order chi connectivity index (χ1) is 12.1. The number of carbonyl (C=O) groups excluding carboxylic acids is 1. The van der Waals surface area contributed by atoms with E-state index in [2.05, 4.69) is 0 Å². The summed E-state index contributed by atoms with van der Waals surface area (Å²) in [5, 5.41) is 11.2. The maximum Gasteiger partial charge on any atom is 0.193 e. The summed E-state index contributed by atoms with van der Waals surface area (Å²) in [4.78, 5) is 13.8. The average Bonchev–Trinajstić information content (AvgIpc) is 3.07. The van der Waals surface area contributed by atoms with Crippen molar-refractivity contribution in [1.29, 1.82) is 0 Å². The molecule has 0 fully saturated rings. The fraction of sp³-hybridized carbons (Fsp3) is 0.0455. The van der Waals surface area contributed by atoms with Crippen molar-refractivity contribution < 1.29 is 9.90 Å². The predicted molar refractivity (Wildman–Crippen MR) is 104 cm³/mol. The van der Waals surface area contributed by atoms with Gasteiger partial charge in [0.25, 0.3) is 0 Å². The van der Waals surface area contributed by atoms with Crippen molar-refractivity contribution in [2.24, 2.45) is 0 Å². The normalized spacial score (nSPS) is 10.9. The van der Waals surface area contributed by atoms with E-state index in [-0.39, 0.29) is 11.5 Å². The molecule has 0 saturated heterocycles. The Bertz CT molecular complexity index is 1060. The molecule has 1 heterocycles. The van der Waals surface area contributed by atoms with Crippen molar-refractivity contribution in [3.8, 4) is 16.2 Å². The summed E-state index contributed by atoms with van der Waals surface area (Å²) < 4.78 is 0.911. The lowest BCUT2D eigenvalue weighted by molar-refractivity contribution is 0.103. The highest BCUT2D eigenvalue weighted by Gasteiger charge is 2.14. The average molecular weight is 344 g/mol. The first-order valence-electron chi connectivity index (χ1n) is 8.05. The number of phenols is 1. The van der Waals surface area contributed by atoms with Crippen molar-refractivity contribution in [2.75, 3.05) is 0 Å². The summed E-state index contributed by atoms with van der Waals surface area (Å²) in [6, 6.07) is 22.9. The second-order valence-corrected chi connectivity index (χ2v) is 7.16. The number of fused-ring (bicyclic) bond motifs is 1. The molecule has 25 heavy (non-hydrogen) atoms. The SMILES string of the molecule is Cc1ccc(C(=O)c2cc(O)c3cc(-c4ccccc4)sc3c2)cc1. The maximum absolute atomic E-state index is 12.7. The lowest BCUT2D eigenvalue weighted by Gasteiger charge is -2.04. The minimum atomic E-state index is -0.0770. The summed E-state index contributed by atoms with van der Waals surface area (Å²) in [6.45, 7) is 1.99. The van der Waals surface area contributed by atoms with Crippen LogP contribution in [0, 0.1) is 6.92 Å². The van der Waals surface area contributed by atoms with Gasteiger partial charge in [0.1, 0.15) is 5.75 Å². The second-order valence-electron chi connectivity index (χ2n) is 6.08. The molecule has 0 saturated carbocycles. The van der Waals surface area contributed by atoms with Crippen LogP contribution in [0.1, 0.15) is 21.5 Å². The number of phenolic OH excluding ortho intramolecular Hbond substituents is 1. The molecule has 0 aliphatic rings. The van der Waals surface area contributed by atoms with Gasteiger partial charge in [0.15, 0.2) is 5.78 Å². The molecule has 0 atom stereocenters. The van der Waals surface area contributed by atoms with E-state index in [4.69, 9.17) is 0 Å². The van der Waals surface area contributed by atoms with Crippen LogP contribution in [0.5, 0.6) is 5.75 Å². The van der Waals surface area contributed by atoms with Crippen LogP contribution in [0.2, 0.25) is 0 Å². The quantitative estimate of drug-likeness (QED) is 0.476. The number of rotatable bonds is 3. The van der Waals surface area contributed by atoms with E-state index in [1.54, 1.807) is 17.4 Å². The first-order valence-corrected chi connectivity index (χ1v) is 8.87. The van der Waals surface area contributed by atoms with Crippen molar-refractivity contribution in [1.82, 2.24) is 0 Å². The van der Waals surface area contributed by atoms with Crippen LogP contribution in [0.25, 0.3) is 20.5 Å². The van der Waals surface area contributed by atoms with E-state index in [1.807, 2.05) is 73.7 Å². The number of ketones is 1. The van der Waals surface area contributed by atoms with Crippen LogP contribution in [0.15, 0.2) is 72.8 Å². The van der Waals surface area contributed by atoms with Crippen LogP contribution < -0.4 is 0 Å². The summed E-state index contributed by atoms with van der Waals surface area (Å²) in [5.41, 5.74) is 3.36. The monoisotopic (exact) mass is 344 g/mol. The molecule has 1 N–H and O–H groups in total. The number of aromatic hydroxyl groups is 1. The molecule has 0 bridgehead atoms. The Morgan fingerprint density at radius 2 is 1.60 bits per heavy atom. The van der Waals surface area contributed by atoms with Gasteiger partial charge in [-0.3, -0.25) is 4.79 Å². The van der Waals surface area contributed by atoms with Gasteiger partial charge in [0.2, 0.25) is 0 Å². The van der Waals surface area contributed by atoms with E-state index in [0.29, 0.717) is 11.1 Å². The van der Waals surface area contributed by atoms with E-state index >= 15 is 0 Å². The Hall–Kier alpha value is -2.91. The number of benzene rings is 3. The van der Waals surface area contributed by atoms with Gasteiger partial charge in [-0.25, -0.2) is 0 Å². The minimum Gasteiger partial charge on any atom is -0.507 e. The number of hydrogen-bond acceptors (Lipinski definition) is 3. The molecule has 4 rings (SSSR count). The second kappa shape index (κ2) is 6.19. The van der Waals surface area contributed by atoms with E-state index in [0.717, 1.165) is 26.1 Å². The molecule has 1 aromatic heterocycles. The third-order valence-corrected chi connectivity index (χ3v) is 5.38. The Morgan fingerprint density at radius 1 is 0.880 bits per heavy atom. The number of thiophene rings is 1. The third-order valence-electron chi connectivity index (χ3n) is 4.25. The van der Waals surface area contributed by atoms with Gasteiger partial charge < -0.3 is 5.11 Å². The fourth-order valence-corrected chi connectivity index (χ4v) is 3.99. The van der Waals surface area contributed by atoms with Crippen molar-refractivity contribution >= 4 is 27.2 Å². The molecule has 3 aromatic carbocycles. The van der Waals surface area contributed by atoms with Crippen LogP contribution in [0.4, 0.5) is 0 Å². The molecule has 0 radical (unpaired) electrons. The van der Waals surface area contributed by atoms with Gasteiger partial charge in [-0.05, 0) is 30.7 Å². The van der Waals surface area contributed by atoms with Crippen molar-refractivity contribution in [3.63, 3.8) is 0 Å². The summed E-state index contributed by atoms with van der Waals surface area (Å²) in [7, 11) is 0. The minimum absolute atomic E-state index is 0.0770. The zero-order chi connectivity index (χ0) is 17.4. The predicted octanol–water partition coefficient (Wildman–Crippen LogP) is 5.81. The third kappa shape index (κ3) is 2.94. The fourth-order valence-electron chi connectivity index (χ4n) is 2.87. The van der Waals surface area contributed by atoms with Crippen LogP contribution in [0.3, 0.4) is 0 Å². The lowest BCUT2D eigenvalue weighted by Crippen LogP contribution is -2.00. The van der Waals surface area contributed by atoms with Gasteiger partial charge in [-0.1, -0.05) is 60.2 Å². The van der Waals surface area contributed by atoms with E-state index in [1.165, 1.54) is 0 Å². The summed E-state index contributed by atoms with van der Waals surface area (Å²) in [5.74, 6) is 0.0678. The van der Waals surface area contributed by atoms with Crippen LogP contribution in [-0.2, 0) is 0 Å². The Morgan fingerprint density at radius 3 is 2.32 bits per heavy atom. The standard InChI is InChI=1S/C22H16O2S/c1-14-7-9-16(10-8-14)22(24)17-11-19(23)18-13-20(25-21(18)12-17)15-5-3-2-4-6-15/h2-13,23H,1H3. The van der Waals surface area contributed by atoms with Crippen molar-refractivity contribution in [2.45, 2.75) is 6.92 Å². The largest absolute Gasteiger partial charge is 0.507 e. The van der Waals surface area contributed by atoms with Gasteiger partial charge in [0.05, 0.1) is 0 Å².